The molecule has 132 valence electrons. The Morgan fingerprint density at radius 2 is 1.40 bits per heavy atom. The third-order valence-corrected chi connectivity index (χ3v) is 7.04. The summed E-state index contributed by atoms with van der Waals surface area (Å²) in [5.74, 6) is -0.345. The highest BCUT2D eigenvalue weighted by atomic mass is 32.2. The lowest BCUT2D eigenvalue weighted by Gasteiger charge is -2.60. The van der Waals surface area contributed by atoms with E-state index >= 15 is 0 Å². The molecule has 25 heavy (non-hydrogen) atoms. The molecule has 0 aliphatic carbocycles. The van der Waals surface area contributed by atoms with Crippen molar-refractivity contribution in [2.24, 2.45) is 0 Å². The Balaban J connectivity index is 2.18. The third kappa shape index (κ3) is 2.58. The van der Waals surface area contributed by atoms with E-state index in [4.69, 9.17) is 0 Å². The van der Waals surface area contributed by atoms with Gasteiger partial charge in [0.15, 0.2) is 15.1 Å². The minimum Gasteiger partial charge on any atom is -0.325 e. The van der Waals surface area contributed by atoms with E-state index < -0.39 is 26.2 Å². The number of hydrogen-bond acceptors (Lipinski definition) is 3. The number of carbonyl (C=O) groups excluding carboxylic acids is 1. The van der Waals surface area contributed by atoms with Crippen LogP contribution in [0.25, 0.3) is 0 Å². The van der Waals surface area contributed by atoms with Crippen LogP contribution in [0.5, 0.6) is 0 Å². The summed E-state index contributed by atoms with van der Waals surface area (Å²) in [6, 6.07) is 17.6. The number of hydrogen-bond donors (Lipinski definition) is 0. The van der Waals surface area contributed by atoms with Gasteiger partial charge in [-0.25, -0.2) is 8.42 Å². The van der Waals surface area contributed by atoms with Gasteiger partial charge < -0.3 is 4.90 Å². The summed E-state index contributed by atoms with van der Waals surface area (Å²) in [7, 11) is -3.79. The predicted octanol–water partition coefficient (Wildman–Crippen LogP) is 3.39. The van der Waals surface area contributed by atoms with Crippen LogP contribution in [0, 0.1) is 0 Å². The highest BCUT2D eigenvalue weighted by Crippen LogP contribution is 2.50. The second-order valence-corrected chi connectivity index (χ2v) is 9.63. The van der Waals surface area contributed by atoms with Crippen molar-refractivity contribution in [2.45, 2.75) is 48.9 Å². The molecule has 2 aromatic rings. The molecule has 2 atom stereocenters. The number of β-lactam (4-membered cyclic amide) rings is 1. The Labute approximate surface area is 149 Å². The van der Waals surface area contributed by atoms with Crippen LogP contribution < -0.4 is 0 Å². The Bertz CT molecular complexity index is 886. The van der Waals surface area contributed by atoms with Gasteiger partial charge >= 0.3 is 0 Å². The summed E-state index contributed by atoms with van der Waals surface area (Å²) in [6.07, 6.45) is 0. The first-order chi connectivity index (χ1) is 11.6. The molecule has 1 aliphatic heterocycles. The number of carbonyl (C=O) groups is 1. The zero-order valence-electron chi connectivity index (χ0n) is 14.9. The molecule has 0 saturated carbocycles. The Morgan fingerprint density at radius 1 is 0.920 bits per heavy atom. The lowest BCUT2D eigenvalue weighted by molar-refractivity contribution is -0.166. The highest BCUT2D eigenvalue weighted by Gasteiger charge is 2.66. The summed E-state index contributed by atoms with van der Waals surface area (Å²) < 4.78 is 26.5. The Morgan fingerprint density at radius 3 is 1.88 bits per heavy atom. The van der Waals surface area contributed by atoms with Crippen LogP contribution in [0.15, 0.2) is 65.6 Å². The van der Waals surface area contributed by atoms with Gasteiger partial charge in [-0.1, -0.05) is 48.5 Å². The van der Waals surface area contributed by atoms with Gasteiger partial charge in [-0.05, 0) is 45.4 Å². The quantitative estimate of drug-likeness (QED) is 0.791. The molecule has 0 radical (unpaired) electrons. The second kappa shape index (κ2) is 5.70. The van der Waals surface area contributed by atoms with Crippen molar-refractivity contribution in [3.05, 3.63) is 66.2 Å². The zero-order chi connectivity index (χ0) is 18.5. The van der Waals surface area contributed by atoms with Gasteiger partial charge in [0.25, 0.3) is 0 Å². The molecule has 1 saturated heterocycles. The van der Waals surface area contributed by atoms with Gasteiger partial charge in [0.1, 0.15) is 0 Å². The maximum Gasteiger partial charge on any atom is 0.245 e. The Hall–Kier alpha value is -2.14. The molecule has 3 rings (SSSR count). The lowest BCUT2D eigenvalue weighted by Crippen LogP contribution is -2.77. The van der Waals surface area contributed by atoms with Crippen LogP contribution in [-0.2, 0) is 20.2 Å². The molecule has 1 amide bonds. The third-order valence-electron chi connectivity index (χ3n) is 4.83. The monoisotopic (exact) mass is 357 g/mol. The van der Waals surface area contributed by atoms with Crippen molar-refractivity contribution >= 4 is 15.7 Å². The van der Waals surface area contributed by atoms with E-state index in [0.29, 0.717) is 0 Å². The van der Waals surface area contributed by atoms with Gasteiger partial charge in [0.05, 0.1) is 10.4 Å². The minimum atomic E-state index is -3.79. The first-order valence-electron chi connectivity index (χ1n) is 8.30. The molecule has 0 N–H and O–H groups in total. The van der Waals surface area contributed by atoms with Gasteiger partial charge in [-0.3, -0.25) is 4.79 Å². The fraction of sp³-hybridized carbons (Fsp3) is 0.350. The molecule has 2 unspecified atom stereocenters. The number of amides is 1. The first kappa shape index (κ1) is 17.7. The van der Waals surface area contributed by atoms with E-state index in [2.05, 4.69) is 0 Å². The van der Waals surface area contributed by atoms with E-state index in [9.17, 15) is 13.2 Å². The maximum absolute atomic E-state index is 13.2. The standard InChI is InChI=1S/C20H23NO3S/c1-19(2,3)21-18(22)17(20(21,4)15-11-7-5-8-12-15)25(23,24)16-13-9-6-10-14-16/h5-14,17H,1-4H3. The molecule has 0 aromatic heterocycles. The van der Waals surface area contributed by atoms with E-state index in [0.717, 1.165) is 5.56 Å². The van der Waals surface area contributed by atoms with E-state index in [1.54, 1.807) is 35.2 Å². The summed E-state index contributed by atoms with van der Waals surface area (Å²) in [5.41, 5.74) is -0.565. The number of nitrogens with zero attached hydrogens (tertiary/aromatic N) is 1. The zero-order valence-corrected chi connectivity index (χ0v) is 15.7. The van der Waals surface area contributed by atoms with Crippen molar-refractivity contribution < 1.29 is 13.2 Å². The molecule has 0 spiro atoms. The molecule has 5 heteroatoms. The first-order valence-corrected chi connectivity index (χ1v) is 9.84. The van der Waals surface area contributed by atoms with E-state index in [-0.39, 0.29) is 10.8 Å². The van der Waals surface area contributed by atoms with Gasteiger partial charge in [0.2, 0.25) is 5.91 Å². The van der Waals surface area contributed by atoms with Gasteiger partial charge in [0, 0.05) is 5.54 Å². The normalized spacial score (nSPS) is 24.1. The smallest absolute Gasteiger partial charge is 0.245 e. The topological polar surface area (TPSA) is 54.5 Å². The number of sulfone groups is 1. The van der Waals surface area contributed by atoms with Crippen molar-refractivity contribution in [3.63, 3.8) is 0 Å². The second-order valence-electron chi connectivity index (χ2n) is 7.60. The van der Waals surface area contributed by atoms with Gasteiger partial charge in [-0.15, -0.1) is 0 Å². The van der Waals surface area contributed by atoms with Crippen molar-refractivity contribution in [1.82, 2.24) is 4.90 Å². The summed E-state index contributed by atoms with van der Waals surface area (Å²) in [6.45, 7) is 7.63. The fourth-order valence-corrected chi connectivity index (χ4v) is 5.93. The molecule has 2 aromatic carbocycles. The minimum absolute atomic E-state index is 0.184. The van der Waals surface area contributed by atoms with E-state index in [1.165, 1.54) is 0 Å². The average molecular weight is 357 g/mol. The molecular weight excluding hydrogens is 334 g/mol. The number of benzene rings is 2. The number of rotatable bonds is 3. The van der Waals surface area contributed by atoms with Crippen LogP contribution in [0.4, 0.5) is 0 Å². The van der Waals surface area contributed by atoms with E-state index in [1.807, 2.05) is 58.0 Å². The molecule has 1 fully saturated rings. The highest BCUT2D eigenvalue weighted by molar-refractivity contribution is 7.93. The molecule has 1 aliphatic rings. The summed E-state index contributed by atoms with van der Waals surface area (Å²) >= 11 is 0. The summed E-state index contributed by atoms with van der Waals surface area (Å²) in [5, 5.41) is -1.12. The largest absolute Gasteiger partial charge is 0.325 e. The lowest BCUT2D eigenvalue weighted by atomic mass is 9.75. The van der Waals surface area contributed by atoms with Crippen LogP contribution in [0.3, 0.4) is 0 Å². The predicted molar refractivity (Wildman–Crippen MR) is 97.8 cm³/mol. The van der Waals surface area contributed by atoms with Crippen LogP contribution in [-0.4, -0.2) is 30.0 Å². The van der Waals surface area contributed by atoms with Crippen molar-refractivity contribution in [3.8, 4) is 0 Å². The Kier molecular flexibility index (Phi) is 4.03. The molecular formula is C20H23NO3S. The fourth-order valence-electron chi connectivity index (χ4n) is 3.90. The molecule has 0 bridgehead atoms. The maximum atomic E-state index is 13.2. The SMILES string of the molecule is CC(C)(C)N1C(=O)C(S(=O)(=O)c2ccccc2)C1(C)c1ccccc1. The molecule has 1 heterocycles. The number of likely N-dealkylation sites (tertiary alicyclic amines) is 1. The summed E-state index contributed by atoms with van der Waals surface area (Å²) in [4.78, 5) is 14.8. The molecule has 4 nitrogen and oxygen atoms in total. The van der Waals surface area contributed by atoms with Crippen LogP contribution in [0.1, 0.15) is 33.3 Å². The van der Waals surface area contributed by atoms with Crippen molar-refractivity contribution in [1.29, 1.82) is 0 Å². The van der Waals surface area contributed by atoms with Crippen molar-refractivity contribution in [2.75, 3.05) is 0 Å². The van der Waals surface area contributed by atoms with Crippen LogP contribution >= 0.6 is 0 Å². The van der Waals surface area contributed by atoms with Gasteiger partial charge in [-0.2, -0.15) is 0 Å². The van der Waals surface area contributed by atoms with Crippen LogP contribution in [0.2, 0.25) is 0 Å². The average Bonchev–Trinajstić information content (AvgIpc) is 2.54.